The lowest BCUT2D eigenvalue weighted by Gasteiger charge is -2.41. The minimum absolute atomic E-state index is 0.0128. The van der Waals surface area contributed by atoms with Gasteiger partial charge in [0, 0.05) is 31.6 Å². The highest BCUT2D eigenvalue weighted by atomic mass is 16.4. The number of carboxylic acids is 1. The summed E-state index contributed by atoms with van der Waals surface area (Å²) in [5.41, 5.74) is 0.446. The molecule has 0 aromatic carbocycles. The van der Waals surface area contributed by atoms with Crippen LogP contribution in [0.5, 0.6) is 0 Å². The number of aromatic nitrogens is 2. The molecule has 0 radical (unpaired) electrons. The molecule has 1 aliphatic carbocycles. The van der Waals surface area contributed by atoms with Gasteiger partial charge in [-0.15, -0.1) is 0 Å². The monoisotopic (exact) mass is 358 g/mol. The number of nitrogens with zero attached hydrogens (tertiary/aromatic N) is 3. The average molecular weight is 358 g/mol. The molecule has 1 spiro atoms. The second kappa shape index (κ2) is 6.03. The highest BCUT2D eigenvalue weighted by Gasteiger charge is 2.52. The molecular weight excluding hydrogens is 336 g/mol. The number of aliphatic carboxylic acids is 1. The molecule has 1 atom stereocenters. The first-order valence-electron chi connectivity index (χ1n) is 9.06. The fourth-order valence-electron chi connectivity index (χ4n) is 4.11. The van der Waals surface area contributed by atoms with Crippen molar-refractivity contribution in [2.45, 2.75) is 50.5 Å². The number of nitrogens with one attached hydrogen (secondary N) is 1. The summed E-state index contributed by atoms with van der Waals surface area (Å²) in [7, 11) is 0. The maximum atomic E-state index is 12.8. The fraction of sp³-hybridized carbons (Fsp3) is 0.611. The SMILES string of the molecule is Cc1nc(C2CC2)ncc1C(=O)N1CCC2(CC1)NC(=O)CC2C(=O)O. The molecule has 3 fully saturated rings. The molecule has 1 unspecified atom stereocenters. The van der Waals surface area contributed by atoms with Crippen LogP contribution in [-0.4, -0.2) is 56.4 Å². The first-order valence-corrected chi connectivity index (χ1v) is 9.06. The molecule has 3 aliphatic rings. The van der Waals surface area contributed by atoms with E-state index in [9.17, 15) is 19.5 Å². The summed E-state index contributed by atoms with van der Waals surface area (Å²) in [6, 6.07) is 0. The lowest BCUT2D eigenvalue weighted by Crippen LogP contribution is -2.56. The molecule has 8 heteroatoms. The third-order valence-corrected chi connectivity index (χ3v) is 5.86. The van der Waals surface area contributed by atoms with Crippen molar-refractivity contribution in [1.82, 2.24) is 20.2 Å². The number of piperidine rings is 1. The highest BCUT2D eigenvalue weighted by molar-refractivity contribution is 5.95. The van der Waals surface area contributed by atoms with Gasteiger partial charge in [0.25, 0.3) is 5.91 Å². The molecule has 1 aromatic rings. The van der Waals surface area contributed by atoms with Crippen LogP contribution in [0.25, 0.3) is 0 Å². The molecule has 2 saturated heterocycles. The molecule has 8 nitrogen and oxygen atoms in total. The van der Waals surface area contributed by atoms with Crippen molar-refractivity contribution >= 4 is 17.8 Å². The Morgan fingerprint density at radius 3 is 2.58 bits per heavy atom. The van der Waals surface area contributed by atoms with Gasteiger partial charge in [-0.3, -0.25) is 14.4 Å². The maximum Gasteiger partial charge on any atom is 0.309 e. The minimum atomic E-state index is -0.956. The smallest absolute Gasteiger partial charge is 0.309 e. The lowest BCUT2D eigenvalue weighted by molar-refractivity contribution is -0.144. The van der Waals surface area contributed by atoms with Crippen molar-refractivity contribution in [2.75, 3.05) is 13.1 Å². The van der Waals surface area contributed by atoms with Crippen LogP contribution in [0.4, 0.5) is 0 Å². The van der Waals surface area contributed by atoms with E-state index in [2.05, 4.69) is 15.3 Å². The first kappa shape index (κ1) is 16.9. The minimum Gasteiger partial charge on any atom is -0.481 e. The largest absolute Gasteiger partial charge is 0.481 e. The van der Waals surface area contributed by atoms with Crippen LogP contribution in [0.15, 0.2) is 6.20 Å². The van der Waals surface area contributed by atoms with Crippen LogP contribution in [0.1, 0.15) is 59.9 Å². The second-order valence-corrected chi connectivity index (χ2v) is 7.59. The van der Waals surface area contributed by atoms with E-state index < -0.39 is 17.4 Å². The van der Waals surface area contributed by atoms with Crippen molar-refractivity contribution in [1.29, 1.82) is 0 Å². The van der Waals surface area contributed by atoms with Crippen molar-refractivity contribution in [3.05, 3.63) is 23.3 Å². The van der Waals surface area contributed by atoms with E-state index in [4.69, 9.17) is 0 Å². The Morgan fingerprint density at radius 1 is 1.31 bits per heavy atom. The highest BCUT2D eigenvalue weighted by Crippen LogP contribution is 2.39. The van der Waals surface area contributed by atoms with Gasteiger partial charge in [-0.25, -0.2) is 9.97 Å². The number of carbonyl (C=O) groups excluding carboxylic acids is 2. The van der Waals surface area contributed by atoms with E-state index in [0.29, 0.717) is 43.1 Å². The molecule has 1 aromatic heterocycles. The molecule has 2 aliphatic heterocycles. The Labute approximate surface area is 151 Å². The molecule has 138 valence electrons. The van der Waals surface area contributed by atoms with Crippen LogP contribution in [-0.2, 0) is 9.59 Å². The number of carbonyl (C=O) groups is 3. The molecule has 0 bridgehead atoms. The van der Waals surface area contributed by atoms with Crippen LogP contribution in [0, 0.1) is 12.8 Å². The number of hydrogen-bond donors (Lipinski definition) is 2. The molecule has 2 N–H and O–H groups in total. The van der Waals surface area contributed by atoms with E-state index >= 15 is 0 Å². The van der Waals surface area contributed by atoms with Crippen molar-refractivity contribution in [3.63, 3.8) is 0 Å². The number of rotatable bonds is 3. The zero-order valence-corrected chi connectivity index (χ0v) is 14.7. The summed E-state index contributed by atoms with van der Waals surface area (Å²) >= 11 is 0. The van der Waals surface area contributed by atoms with Crippen molar-refractivity contribution in [2.24, 2.45) is 5.92 Å². The molecule has 4 rings (SSSR count). The van der Waals surface area contributed by atoms with Crippen molar-refractivity contribution < 1.29 is 19.5 Å². The zero-order valence-electron chi connectivity index (χ0n) is 14.7. The number of hydrogen-bond acceptors (Lipinski definition) is 5. The third kappa shape index (κ3) is 2.83. The molecule has 2 amide bonds. The van der Waals surface area contributed by atoms with Crippen molar-refractivity contribution in [3.8, 4) is 0 Å². The zero-order chi connectivity index (χ0) is 18.5. The van der Waals surface area contributed by atoms with Gasteiger partial charge in [0.15, 0.2) is 0 Å². The summed E-state index contributed by atoms with van der Waals surface area (Å²) in [6.45, 7) is 2.64. The number of aryl methyl sites for hydroxylation is 1. The Kier molecular flexibility index (Phi) is 3.93. The van der Waals surface area contributed by atoms with Gasteiger partial charge in [-0.2, -0.15) is 0 Å². The Bertz CT molecular complexity index is 781. The number of amides is 2. The van der Waals surface area contributed by atoms with Gasteiger partial charge in [0.1, 0.15) is 5.82 Å². The van der Waals surface area contributed by atoms with Gasteiger partial charge in [-0.1, -0.05) is 0 Å². The molecular formula is C18H22N4O4. The summed E-state index contributed by atoms with van der Waals surface area (Å²) in [4.78, 5) is 46.6. The fourth-order valence-corrected chi connectivity index (χ4v) is 4.11. The second-order valence-electron chi connectivity index (χ2n) is 7.59. The van der Waals surface area contributed by atoms with Crippen LogP contribution in [0.2, 0.25) is 0 Å². The first-order chi connectivity index (χ1) is 12.4. The van der Waals surface area contributed by atoms with Gasteiger partial charge in [-0.05, 0) is 32.6 Å². The third-order valence-electron chi connectivity index (χ3n) is 5.86. The Morgan fingerprint density at radius 2 is 2.00 bits per heavy atom. The van der Waals surface area contributed by atoms with Gasteiger partial charge in [0.05, 0.1) is 22.7 Å². The quantitative estimate of drug-likeness (QED) is 0.829. The molecule has 1 saturated carbocycles. The van der Waals surface area contributed by atoms with Gasteiger partial charge < -0.3 is 15.3 Å². The van der Waals surface area contributed by atoms with E-state index in [0.717, 1.165) is 18.7 Å². The summed E-state index contributed by atoms with van der Waals surface area (Å²) in [5.74, 6) is -0.785. The summed E-state index contributed by atoms with van der Waals surface area (Å²) < 4.78 is 0. The van der Waals surface area contributed by atoms with Crippen LogP contribution >= 0.6 is 0 Å². The van der Waals surface area contributed by atoms with Crippen LogP contribution in [0.3, 0.4) is 0 Å². The summed E-state index contributed by atoms with van der Waals surface area (Å²) in [6.07, 6.45) is 4.73. The van der Waals surface area contributed by atoms with Gasteiger partial charge >= 0.3 is 5.97 Å². The van der Waals surface area contributed by atoms with Gasteiger partial charge in [0.2, 0.25) is 5.91 Å². The maximum absolute atomic E-state index is 12.8. The number of carboxylic acid groups (broad SMARTS) is 1. The lowest BCUT2D eigenvalue weighted by atomic mass is 9.77. The van der Waals surface area contributed by atoms with E-state index in [1.165, 1.54) is 0 Å². The molecule has 3 heterocycles. The summed E-state index contributed by atoms with van der Waals surface area (Å²) in [5, 5.41) is 12.3. The predicted molar refractivity (Wildman–Crippen MR) is 90.5 cm³/mol. The van der Waals surface area contributed by atoms with E-state index in [1.807, 2.05) is 6.92 Å². The average Bonchev–Trinajstić information content (AvgIpc) is 3.40. The molecule has 26 heavy (non-hydrogen) atoms. The topological polar surface area (TPSA) is 112 Å². The van der Waals surface area contributed by atoms with E-state index in [1.54, 1.807) is 11.1 Å². The predicted octanol–water partition coefficient (Wildman–Crippen LogP) is 0.858. The Hall–Kier alpha value is -2.51. The van der Waals surface area contributed by atoms with E-state index in [-0.39, 0.29) is 18.2 Å². The normalized spacial score (nSPS) is 24.6. The standard InChI is InChI=1S/C18H22N4O4/c1-10-12(9-19-15(20-10)11-2-3-11)16(24)22-6-4-18(5-7-22)13(17(25)26)8-14(23)21-18/h9,11,13H,2-8H2,1H3,(H,21,23)(H,25,26). The van der Waals surface area contributed by atoms with Crippen LogP contribution < -0.4 is 5.32 Å². The number of likely N-dealkylation sites (tertiary alicyclic amines) is 1. The Balaban J connectivity index is 1.47.